The number of rotatable bonds is 1. The van der Waals surface area contributed by atoms with Crippen molar-refractivity contribution < 1.29 is 9.90 Å². The van der Waals surface area contributed by atoms with Crippen molar-refractivity contribution in [1.29, 1.82) is 0 Å². The second-order valence-corrected chi connectivity index (χ2v) is 6.06. The summed E-state index contributed by atoms with van der Waals surface area (Å²) in [5.74, 6) is 0.320. The van der Waals surface area contributed by atoms with Crippen LogP contribution in [0.3, 0.4) is 0 Å². The van der Waals surface area contributed by atoms with E-state index in [2.05, 4.69) is 6.92 Å². The summed E-state index contributed by atoms with van der Waals surface area (Å²) in [7, 11) is 0. The van der Waals surface area contributed by atoms with Crippen LogP contribution in [-0.4, -0.2) is 34.6 Å². The summed E-state index contributed by atoms with van der Waals surface area (Å²) in [6.45, 7) is 5.42. The van der Waals surface area contributed by atoms with Crippen molar-refractivity contribution in [2.24, 2.45) is 5.41 Å². The molecule has 0 aromatic rings. The van der Waals surface area contributed by atoms with Gasteiger partial charge in [-0.3, -0.25) is 4.79 Å². The minimum atomic E-state index is -0.562. The molecule has 1 saturated heterocycles. The molecule has 16 heavy (non-hydrogen) atoms. The Hall–Kier alpha value is -0.570. The van der Waals surface area contributed by atoms with Crippen LogP contribution >= 0.6 is 0 Å². The second kappa shape index (κ2) is 4.02. The summed E-state index contributed by atoms with van der Waals surface area (Å²) >= 11 is 0. The van der Waals surface area contributed by atoms with Gasteiger partial charge in [0, 0.05) is 18.5 Å². The van der Waals surface area contributed by atoms with Crippen LogP contribution in [0, 0.1) is 5.41 Å². The first-order valence-electron chi connectivity index (χ1n) is 6.45. The predicted octanol–water partition coefficient (Wildman–Crippen LogP) is 1.94. The van der Waals surface area contributed by atoms with Crippen LogP contribution in [0.2, 0.25) is 0 Å². The largest absolute Gasteiger partial charge is 0.390 e. The molecule has 1 N–H and O–H groups in total. The van der Waals surface area contributed by atoms with E-state index in [4.69, 9.17) is 0 Å². The summed E-state index contributed by atoms with van der Waals surface area (Å²) < 4.78 is 0. The fourth-order valence-corrected chi connectivity index (χ4v) is 2.94. The zero-order chi connectivity index (χ0) is 11.8. The average Bonchev–Trinajstić information content (AvgIpc) is 2.66. The Balaban J connectivity index is 1.96. The van der Waals surface area contributed by atoms with Crippen molar-refractivity contribution in [2.75, 3.05) is 13.1 Å². The third kappa shape index (κ3) is 2.24. The molecule has 1 aliphatic carbocycles. The predicted molar refractivity (Wildman–Crippen MR) is 63.0 cm³/mol. The lowest BCUT2D eigenvalue weighted by Gasteiger charge is -2.39. The molecule has 1 saturated carbocycles. The van der Waals surface area contributed by atoms with Gasteiger partial charge in [0.05, 0.1) is 5.60 Å². The maximum atomic E-state index is 12.4. The first-order chi connectivity index (χ1) is 7.43. The van der Waals surface area contributed by atoms with Gasteiger partial charge in [0.1, 0.15) is 0 Å². The molecule has 0 unspecified atom stereocenters. The molecule has 2 aliphatic rings. The molecule has 3 nitrogen and oxygen atoms in total. The van der Waals surface area contributed by atoms with Crippen LogP contribution in [0.4, 0.5) is 0 Å². The number of nitrogens with zero attached hydrogens (tertiary/aromatic N) is 1. The van der Waals surface area contributed by atoms with E-state index >= 15 is 0 Å². The Bertz CT molecular complexity index is 270. The molecule has 1 aliphatic heterocycles. The molecule has 0 spiro atoms. The van der Waals surface area contributed by atoms with Crippen molar-refractivity contribution in [2.45, 2.75) is 58.0 Å². The average molecular weight is 225 g/mol. The van der Waals surface area contributed by atoms with E-state index < -0.39 is 5.60 Å². The van der Waals surface area contributed by atoms with Crippen LogP contribution in [0.15, 0.2) is 0 Å². The molecule has 3 heteroatoms. The van der Waals surface area contributed by atoms with E-state index in [9.17, 15) is 9.90 Å². The molecular weight excluding hydrogens is 202 g/mol. The number of carbonyl (C=O) groups is 1. The summed E-state index contributed by atoms with van der Waals surface area (Å²) in [5.41, 5.74) is -0.670. The first kappa shape index (κ1) is 11.9. The van der Waals surface area contributed by atoms with Crippen LogP contribution in [0.25, 0.3) is 0 Å². The molecule has 0 bridgehead atoms. The Morgan fingerprint density at radius 2 is 1.56 bits per heavy atom. The third-order valence-corrected chi connectivity index (χ3v) is 4.35. The van der Waals surface area contributed by atoms with Gasteiger partial charge < -0.3 is 10.0 Å². The Morgan fingerprint density at radius 3 is 2.06 bits per heavy atom. The van der Waals surface area contributed by atoms with Crippen molar-refractivity contribution >= 4 is 5.91 Å². The number of amides is 1. The lowest BCUT2D eigenvalue weighted by molar-refractivity contribution is -0.144. The van der Waals surface area contributed by atoms with Gasteiger partial charge in [0.25, 0.3) is 0 Å². The van der Waals surface area contributed by atoms with Crippen molar-refractivity contribution in [3.05, 3.63) is 0 Å². The highest BCUT2D eigenvalue weighted by molar-refractivity contribution is 5.82. The SMILES string of the molecule is CC1(O)CCN(C(=O)C2(C)CCCC2)CC1. The van der Waals surface area contributed by atoms with Gasteiger partial charge in [0.15, 0.2) is 0 Å². The summed E-state index contributed by atoms with van der Waals surface area (Å²) in [5, 5.41) is 9.87. The fourth-order valence-electron chi connectivity index (χ4n) is 2.94. The molecule has 0 radical (unpaired) electrons. The molecular formula is C13H23NO2. The number of hydrogen-bond acceptors (Lipinski definition) is 2. The number of likely N-dealkylation sites (tertiary alicyclic amines) is 1. The van der Waals surface area contributed by atoms with Gasteiger partial charge in [-0.2, -0.15) is 0 Å². The molecule has 2 fully saturated rings. The van der Waals surface area contributed by atoms with Crippen molar-refractivity contribution in [3.63, 3.8) is 0 Å². The van der Waals surface area contributed by atoms with Crippen LogP contribution < -0.4 is 0 Å². The lowest BCUT2D eigenvalue weighted by atomic mass is 9.85. The zero-order valence-electron chi connectivity index (χ0n) is 10.5. The van der Waals surface area contributed by atoms with E-state index in [1.807, 2.05) is 11.8 Å². The highest BCUT2D eigenvalue weighted by Gasteiger charge is 2.41. The second-order valence-electron chi connectivity index (χ2n) is 6.06. The molecule has 1 heterocycles. The maximum absolute atomic E-state index is 12.4. The van der Waals surface area contributed by atoms with Crippen LogP contribution in [-0.2, 0) is 4.79 Å². The molecule has 2 rings (SSSR count). The first-order valence-corrected chi connectivity index (χ1v) is 6.45. The van der Waals surface area contributed by atoms with Crippen LogP contribution in [0.5, 0.6) is 0 Å². The molecule has 1 amide bonds. The van der Waals surface area contributed by atoms with E-state index in [-0.39, 0.29) is 5.41 Å². The third-order valence-electron chi connectivity index (χ3n) is 4.35. The normalized spacial score (nSPS) is 28.1. The van der Waals surface area contributed by atoms with E-state index in [0.717, 1.165) is 38.8 Å². The van der Waals surface area contributed by atoms with E-state index in [1.54, 1.807) is 0 Å². The molecule has 0 aromatic heterocycles. The Morgan fingerprint density at radius 1 is 1.06 bits per heavy atom. The monoisotopic (exact) mass is 225 g/mol. The fraction of sp³-hybridized carbons (Fsp3) is 0.923. The van der Waals surface area contributed by atoms with Crippen molar-refractivity contribution in [1.82, 2.24) is 4.90 Å². The highest BCUT2D eigenvalue weighted by atomic mass is 16.3. The minimum absolute atomic E-state index is 0.108. The minimum Gasteiger partial charge on any atom is -0.390 e. The van der Waals surface area contributed by atoms with Gasteiger partial charge in [-0.15, -0.1) is 0 Å². The number of carbonyl (C=O) groups excluding carboxylic acids is 1. The molecule has 92 valence electrons. The standard InChI is InChI=1S/C13H23NO2/c1-12(5-3-4-6-12)11(15)14-9-7-13(2,16)8-10-14/h16H,3-10H2,1-2H3. The van der Waals surface area contributed by atoms with Gasteiger partial charge in [0.2, 0.25) is 5.91 Å². The smallest absolute Gasteiger partial charge is 0.228 e. The van der Waals surface area contributed by atoms with Gasteiger partial charge in [-0.1, -0.05) is 19.8 Å². The van der Waals surface area contributed by atoms with Gasteiger partial charge >= 0.3 is 0 Å². The Kier molecular flexibility index (Phi) is 2.99. The molecule has 0 aromatic carbocycles. The summed E-state index contributed by atoms with van der Waals surface area (Å²) in [6, 6.07) is 0. The van der Waals surface area contributed by atoms with Gasteiger partial charge in [-0.05, 0) is 32.6 Å². The number of aliphatic hydroxyl groups is 1. The Labute approximate surface area is 97.8 Å². The summed E-state index contributed by atoms with van der Waals surface area (Å²) in [4.78, 5) is 14.3. The quantitative estimate of drug-likeness (QED) is 0.741. The lowest BCUT2D eigenvalue weighted by Crippen LogP contribution is -2.49. The zero-order valence-corrected chi connectivity index (χ0v) is 10.5. The van der Waals surface area contributed by atoms with Crippen LogP contribution in [0.1, 0.15) is 52.4 Å². The summed E-state index contributed by atoms with van der Waals surface area (Å²) in [6.07, 6.45) is 5.89. The molecule has 0 atom stereocenters. The number of hydrogen-bond donors (Lipinski definition) is 1. The van der Waals surface area contributed by atoms with E-state index in [0.29, 0.717) is 5.91 Å². The highest BCUT2D eigenvalue weighted by Crippen LogP contribution is 2.40. The van der Waals surface area contributed by atoms with Crippen molar-refractivity contribution in [3.8, 4) is 0 Å². The number of piperidine rings is 1. The van der Waals surface area contributed by atoms with E-state index in [1.165, 1.54) is 12.8 Å². The topological polar surface area (TPSA) is 40.5 Å². The maximum Gasteiger partial charge on any atom is 0.228 e. The van der Waals surface area contributed by atoms with Gasteiger partial charge in [-0.25, -0.2) is 0 Å².